The van der Waals surface area contributed by atoms with Crippen LogP contribution in [0, 0.1) is 0 Å². The first-order valence-electron chi connectivity index (χ1n) is 24.3. The molecule has 2 fully saturated rings. The van der Waals surface area contributed by atoms with Gasteiger partial charge in [-0.15, -0.1) is 0 Å². The Morgan fingerprint density at radius 1 is 0.324 bits per heavy atom. The summed E-state index contributed by atoms with van der Waals surface area (Å²) >= 11 is 0. The smallest absolute Gasteiger partial charge is 0.198 e. The van der Waals surface area contributed by atoms with Gasteiger partial charge in [-0.2, -0.15) is 0 Å². The number of hydrogen-bond donors (Lipinski definition) is 1. The van der Waals surface area contributed by atoms with Crippen molar-refractivity contribution in [3.8, 4) is 5.75 Å². The van der Waals surface area contributed by atoms with E-state index in [0.717, 1.165) is 33.4 Å². The van der Waals surface area contributed by atoms with Crippen LogP contribution in [0.2, 0.25) is 0 Å². The van der Waals surface area contributed by atoms with Crippen molar-refractivity contribution in [2.45, 2.75) is 101 Å². The topological polar surface area (TPSA) is 113 Å². The third kappa shape index (κ3) is 14.5. The molecule has 0 amide bonds. The van der Waals surface area contributed by atoms with Crippen LogP contribution in [-0.4, -0.2) is 79.7 Å². The van der Waals surface area contributed by atoms with Crippen molar-refractivity contribution in [1.82, 2.24) is 0 Å². The number of para-hydroxylation sites is 1. The maximum absolute atomic E-state index is 12.3. The highest BCUT2D eigenvalue weighted by molar-refractivity contribution is 5.23. The minimum absolute atomic E-state index is 0.0969. The van der Waals surface area contributed by atoms with Gasteiger partial charge < -0.3 is 52.5 Å². The summed E-state index contributed by atoms with van der Waals surface area (Å²) in [6.07, 6.45) is -9.64. The molecule has 0 radical (unpaired) electrons. The molecule has 0 saturated carbocycles. The van der Waals surface area contributed by atoms with Gasteiger partial charge in [0.05, 0.1) is 52.9 Å². The average Bonchev–Trinajstić information content (AvgIpc) is 3.42. The molecule has 10 unspecified atom stereocenters. The lowest BCUT2D eigenvalue weighted by atomic mass is 9.96. The SMILES string of the molecule is OC1OC(COCc2ccccc2)C(OCc2ccccc2)C(OCc2ccccc2)C1OC1OC(COCc2ccccc2)C(OCc2ccccc2)C(OCc2ccccc2)C1Oc1ccccc1. The molecule has 2 aliphatic rings. The van der Waals surface area contributed by atoms with Gasteiger partial charge >= 0.3 is 0 Å². The van der Waals surface area contributed by atoms with E-state index in [1.54, 1.807) is 0 Å². The molecule has 0 aliphatic carbocycles. The minimum atomic E-state index is -1.53. The van der Waals surface area contributed by atoms with Crippen LogP contribution in [0.4, 0.5) is 0 Å². The van der Waals surface area contributed by atoms with Gasteiger partial charge in [-0.25, -0.2) is 0 Å². The Morgan fingerprint density at radius 2 is 0.634 bits per heavy atom. The van der Waals surface area contributed by atoms with Crippen LogP contribution in [0.3, 0.4) is 0 Å². The van der Waals surface area contributed by atoms with E-state index in [-0.39, 0.29) is 39.6 Å². The minimum Gasteiger partial charge on any atom is -0.482 e. The Morgan fingerprint density at radius 3 is 1.01 bits per heavy atom. The van der Waals surface area contributed by atoms with E-state index in [1.165, 1.54) is 0 Å². The second-order valence-corrected chi connectivity index (χ2v) is 17.7. The van der Waals surface area contributed by atoms with Crippen LogP contribution in [-0.2, 0) is 82.3 Å². The van der Waals surface area contributed by atoms with E-state index in [4.69, 9.17) is 47.4 Å². The van der Waals surface area contributed by atoms with Crippen molar-refractivity contribution in [3.05, 3.63) is 246 Å². The molecule has 71 heavy (non-hydrogen) atoms. The molecular weight excluding hydrogens is 897 g/mol. The van der Waals surface area contributed by atoms with Crippen LogP contribution >= 0.6 is 0 Å². The number of aliphatic hydroxyl groups is 1. The van der Waals surface area contributed by atoms with E-state index in [2.05, 4.69) is 0 Å². The molecule has 7 aromatic rings. The monoisotopic (exact) mass is 958 g/mol. The lowest BCUT2D eigenvalue weighted by Gasteiger charge is -2.49. The molecule has 0 spiro atoms. The zero-order valence-corrected chi connectivity index (χ0v) is 39.7. The van der Waals surface area contributed by atoms with Crippen molar-refractivity contribution < 1.29 is 52.5 Å². The molecule has 2 heterocycles. The fourth-order valence-electron chi connectivity index (χ4n) is 8.82. The number of rotatable bonds is 24. The quantitative estimate of drug-likeness (QED) is 0.0625. The number of aliphatic hydroxyl groups excluding tert-OH is 1. The van der Waals surface area contributed by atoms with Gasteiger partial charge in [0.2, 0.25) is 0 Å². The highest BCUT2D eigenvalue weighted by Gasteiger charge is 2.54. The first-order valence-corrected chi connectivity index (χ1v) is 24.3. The van der Waals surface area contributed by atoms with Crippen LogP contribution in [0.5, 0.6) is 5.75 Å². The zero-order chi connectivity index (χ0) is 48.3. The third-order valence-corrected chi connectivity index (χ3v) is 12.4. The molecule has 0 bridgehead atoms. The molecular formula is C60H62O11. The Hall–Kier alpha value is -6.06. The maximum Gasteiger partial charge on any atom is 0.198 e. The Bertz CT molecular complexity index is 2530. The summed E-state index contributed by atoms with van der Waals surface area (Å²) < 4.78 is 68.1. The summed E-state index contributed by atoms with van der Waals surface area (Å²) in [5.74, 6) is 0.556. The van der Waals surface area contributed by atoms with Crippen molar-refractivity contribution in [2.75, 3.05) is 13.2 Å². The normalized spacial score (nSPS) is 24.3. The van der Waals surface area contributed by atoms with E-state index < -0.39 is 61.4 Å². The van der Waals surface area contributed by atoms with Gasteiger partial charge in [0.15, 0.2) is 18.7 Å². The highest BCUT2D eigenvalue weighted by Crippen LogP contribution is 2.36. The molecule has 368 valence electrons. The molecule has 11 heteroatoms. The lowest BCUT2D eigenvalue weighted by Crippen LogP contribution is -2.66. The van der Waals surface area contributed by atoms with Crippen molar-refractivity contribution >= 4 is 0 Å². The summed E-state index contributed by atoms with van der Waals surface area (Å²) in [4.78, 5) is 0. The fraction of sp³-hybridized carbons (Fsp3) is 0.300. The summed E-state index contributed by atoms with van der Waals surface area (Å²) in [6.45, 7) is 1.77. The third-order valence-electron chi connectivity index (χ3n) is 12.4. The van der Waals surface area contributed by atoms with Crippen molar-refractivity contribution in [3.63, 3.8) is 0 Å². The Kier molecular flexibility index (Phi) is 18.6. The average molecular weight is 959 g/mol. The van der Waals surface area contributed by atoms with E-state index in [1.807, 2.05) is 212 Å². The van der Waals surface area contributed by atoms with Crippen molar-refractivity contribution in [1.29, 1.82) is 0 Å². The van der Waals surface area contributed by atoms with Crippen LogP contribution < -0.4 is 4.74 Å². The first kappa shape index (κ1) is 49.9. The Labute approximate surface area is 416 Å². The summed E-state index contributed by atoms with van der Waals surface area (Å²) in [5.41, 5.74) is 5.81. The van der Waals surface area contributed by atoms with Gasteiger partial charge in [-0.1, -0.05) is 200 Å². The van der Waals surface area contributed by atoms with Crippen LogP contribution in [0.1, 0.15) is 33.4 Å². The van der Waals surface area contributed by atoms with Crippen LogP contribution in [0.25, 0.3) is 0 Å². The van der Waals surface area contributed by atoms with Gasteiger partial charge in [0.1, 0.15) is 48.5 Å². The zero-order valence-electron chi connectivity index (χ0n) is 39.7. The van der Waals surface area contributed by atoms with Gasteiger partial charge in [-0.05, 0) is 45.5 Å². The lowest BCUT2D eigenvalue weighted by molar-refractivity contribution is -0.372. The predicted molar refractivity (Wildman–Crippen MR) is 268 cm³/mol. The second-order valence-electron chi connectivity index (χ2n) is 17.7. The molecule has 2 saturated heterocycles. The molecule has 10 atom stereocenters. The standard InChI is InChI=1S/C60H62O11/c61-59-57(55(66-40-48-30-16-5-17-31-48)53(64-38-46-26-12-3-13-27-46)51(69-59)42-62-36-44-22-8-1-9-23-44)71-60-58(68-50-34-20-7-21-35-50)56(67-41-49-32-18-6-19-33-49)54(65-39-47-28-14-4-15-29-47)52(70-60)43-63-37-45-24-10-2-11-25-45/h1-35,51-61H,36-43H2. The van der Waals surface area contributed by atoms with Crippen molar-refractivity contribution in [2.24, 2.45) is 0 Å². The highest BCUT2D eigenvalue weighted by atomic mass is 16.8. The maximum atomic E-state index is 12.3. The molecule has 1 N–H and O–H groups in total. The summed E-state index contributed by atoms with van der Waals surface area (Å²) in [6, 6.07) is 69.0. The molecule has 7 aromatic carbocycles. The van der Waals surface area contributed by atoms with Gasteiger partial charge in [-0.3, -0.25) is 0 Å². The molecule has 11 nitrogen and oxygen atoms in total. The predicted octanol–water partition coefficient (Wildman–Crippen LogP) is 10.0. The second kappa shape index (κ2) is 26.4. The first-order chi connectivity index (χ1) is 35.1. The number of hydrogen-bond acceptors (Lipinski definition) is 11. The number of benzene rings is 7. The van der Waals surface area contributed by atoms with Crippen LogP contribution in [0.15, 0.2) is 212 Å². The van der Waals surface area contributed by atoms with E-state index in [9.17, 15) is 5.11 Å². The number of ether oxygens (including phenoxy) is 10. The van der Waals surface area contributed by atoms with E-state index >= 15 is 0 Å². The molecule has 0 aromatic heterocycles. The summed E-state index contributed by atoms with van der Waals surface area (Å²) in [5, 5.41) is 12.3. The van der Waals surface area contributed by atoms with Gasteiger partial charge in [0, 0.05) is 0 Å². The molecule has 9 rings (SSSR count). The van der Waals surface area contributed by atoms with E-state index in [0.29, 0.717) is 19.0 Å². The fourth-order valence-corrected chi connectivity index (χ4v) is 8.82. The Balaban J connectivity index is 1.08. The summed E-state index contributed by atoms with van der Waals surface area (Å²) in [7, 11) is 0. The van der Waals surface area contributed by atoms with Gasteiger partial charge in [0.25, 0.3) is 0 Å². The molecule has 2 aliphatic heterocycles. The largest absolute Gasteiger partial charge is 0.482 e.